The number of rotatable bonds is 10. The van der Waals surface area contributed by atoms with Crippen LogP contribution in [0.4, 0.5) is 0 Å². The van der Waals surface area contributed by atoms with E-state index in [9.17, 15) is 9.90 Å². The van der Waals surface area contributed by atoms with Crippen molar-refractivity contribution in [2.24, 2.45) is 33.5 Å². The zero-order chi connectivity index (χ0) is 32.2. The van der Waals surface area contributed by atoms with Gasteiger partial charge in [0.25, 0.3) is 0 Å². The van der Waals surface area contributed by atoms with Gasteiger partial charge in [-0.2, -0.15) is 0 Å². The number of hydrogen-bond acceptors (Lipinski definition) is 5. The van der Waals surface area contributed by atoms with Gasteiger partial charge in [0.2, 0.25) is 0 Å². The molecule has 232 valence electrons. The van der Waals surface area contributed by atoms with Gasteiger partial charge in [-0.05, 0) is 98.3 Å². The van der Waals surface area contributed by atoms with E-state index in [0.717, 1.165) is 24.0 Å². The van der Waals surface area contributed by atoms with Gasteiger partial charge in [0.15, 0.2) is 28.5 Å². The molecule has 43 heavy (non-hydrogen) atoms. The van der Waals surface area contributed by atoms with Crippen LogP contribution in [0.15, 0.2) is 65.3 Å². The molecule has 0 unspecified atom stereocenters. The fraction of sp³-hybridized carbons (Fsp3) is 0.579. The van der Waals surface area contributed by atoms with Gasteiger partial charge in [0.05, 0.1) is 16.4 Å². The number of aliphatic hydroxyl groups is 1. The van der Waals surface area contributed by atoms with Gasteiger partial charge in [-0.25, -0.2) is 0 Å². The lowest BCUT2D eigenvalue weighted by atomic mass is 9.36. The largest absolute Gasteiger partial charge is 0.390 e. The van der Waals surface area contributed by atoms with E-state index in [1.807, 2.05) is 46.8 Å². The maximum Gasteiger partial charge on any atom is 0.184 e. The second kappa shape index (κ2) is 11.2. The van der Waals surface area contributed by atoms with E-state index in [1.54, 1.807) is 44.2 Å². The Morgan fingerprint density at radius 1 is 0.884 bits per heavy atom. The van der Waals surface area contributed by atoms with Crippen LogP contribution in [-0.2, 0) is 14.4 Å². The molecule has 5 heteroatoms. The number of carbonyl (C=O) groups excluding carboxylic acids is 4. The predicted octanol–water partition coefficient (Wildman–Crippen LogP) is 7.83. The highest BCUT2D eigenvalue weighted by molar-refractivity contribution is 6.42. The van der Waals surface area contributed by atoms with E-state index >= 15 is 14.4 Å². The van der Waals surface area contributed by atoms with Crippen molar-refractivity contribution in [1.29, 1.82) is 0 Å². The topological polar surface area (TPSA) is 88.5 Å². The molecule has 0 aromatic heterocycles. The zero-order valence-electron chi connectivity index (χ0n) is 27.6. The standard InChI is InChI=1S/C38H50O5/c1-24(2)14-13-15-26(5)19-20-36-23-28-22-29(35(8,9)43)37(31(36)40,21-18-25(3)4)33(42)38(32(36)41,34(28,6)7)30(39)27-16-11-10-12-17-27/h10-12,14,16-19,28-29,43H,13,15,20-23H2,1-9H3/t28-,29-,36-,37+,38-/m0/s1. The lowest BCUT2D eigenvalue weighted by Gasteiger charge is -2.60. The second-order valence-electron chi connectivity index (χ2n) is 15.1. The molecule has 0 radical (unpaired) electrons. The molecule has 4 fully saturated rings. The Labute approximate surface area is 257 Å². The van der Waals surface area contributed by atoms with Gasteiger partial charge in [0, 0.05) is 11.5 Å². The summed E-state index contributed by atoms with van der Waals surface area (Å²) >= 11 is 0. The highest BCUT2D eigenvalue weighted by Crippen LogP contribution is 2.72. The Hall–Kier alpha value is -2.92. The third-order valence-electron chi connectivity index (χ3n) is 11.0. The SMILES string of the molecule is CC(C)=CCCC(C)=CC[C@]12C[C@@H]3C[C@@H](C(C)(C)O)[C@](CC=C(C)C)(C1=O)C(=O)[C@](C(=O)c1ccccc1)(C2=O)C3(C)C. The van der Waals surface area contributed by atoms with E-state index in [0.29, 0.717) is 12.0 Å². The second-order valence-corrected chi connectivity index (χ2v) is 15.1. The van der Waals surface area contributed by atoms with Crippen LogP contribution in [0.25, 0.3) is 0 Å². The summed E-state index contributed by atoms with van der Waals surface area (Å²) in [5.74, 6) is -3.12. The monoisotopic (exact) mass is 586 g/mol. The molecule has 4 bridgehead atoms. The Bertz CT molecular complexity index is 1410. The molecular formula is C38H50O5. The van der Waals surface area contributed by atoms with Crippen molar-refractivity contribution in [3.8, 4) is 0 Å². The quantitative estimate of drug-likeness (QED) is 0.171. The lowest BCUT2D eigenvalue weighted by Crippen LogP contribution is -2.76. The molecule has 0 aliphatic heterocycles. The van der Waals surface area contributed by atoms with Crippen molar-refractivity contribution >= 4 is 23.1 Å². The summed E-state index contributed by atoms with van der Waals surface area (Å²) in [4.78, 5) is 60.7. The summed E-state index contributed by atoms with van der Waals surface area (Å²) in [6.45, 7) is 17.0. The van der Waals surface area contributed by atoms with Crippen molar-refractivity contribution in [1.82, 2.24) is 0 Å². The molecular weight excluding hydrogens is 536 g/mol. The number of hydrogen-bond donors (Lipinski definition) is 1. The molecule has 4 saturated carbocycles. The minimum atomic E-state index is -2.04. The van der Waals surface area contributed by atoms with E-state index < -0.39 is 56.3 Å². The number of fused-ring (bicyclic) bond motifs is 1. The third-order valence-corrected chi connectivity index (χ3v) is 11.0. The Kier molecular flexibility index (Phi) is 8.60. The molecule has 4 aliphatic rings. The van der Waals surface area contributed by atoms with Gasteiger partial charge < -0.3 is 5.11 Å². The van der Waals surface area contributed by atoms with Crippen LogP contribution in [-0.4, -0.2) is 33.8 Å². The molecule has 5 atom stereocenters. The lowest BCUT2D eigenvalue weighted by molar-refractivity contribution is -0.184. The van der Waals surface area contributed by atoms with E-state index in [2.05, 4.69) is 19.9 Å². The molecule has 5 rings (SSSR count). The minimum absolute atomic E-state index is 0.0621. The van der Waals surface area contributed by atoms with Crippen molar-refractivity contribution < 1.29 is 24.3 Å². The predicted molar refractivity (Wildman–Crippen MR) is 170 cm³/mol. The Morgan fingerprint density at radius 3 is 2.05 bits per heavy atom. The van der Waals surface area contributed by atoms with Crippen LogP contribution in [0, 0.1) is 33.5 Å². The van der Waals surface area contributed by atoms with Crippen LogP contribution < -0.4 is 0 Å². The first-order valence-corrected chi connectivity index (χ1v) is 15.8. The Balaban J connectivity index is 2.06. The maximum absolute atomic E-state index is 15.4. The number of benzene rings is 1. The fourth-order valence-corrected chi connectivity index (χ4v) is 8.56. The van der Waals surface area contributed by atoms with Crippen LogP contribution in [0.2, 0.25) is 0 Å². The molecule has 0 saturated heterocycles. The minimum Gasteiger partial charge on any atom is -0.390 e. The van der Waals surface area contributed by atoms with Crippen LogP contribution in [0.5, 0.6) is 0 Å². The van der Waals surface area contributed by atoms with Crippen LogP contribution in [0.3, 0.4) is 0 Å². The first-order chi connectivity index (χ1) is 19.9. The van der Waals surface area contributed by atoms with Crippen molar-refractivity contribution in [2.75, 3.05) is 0 Å². The van der Waals surface area contributed by atoms with Crippen molar-refractivity contribution in [2.45, 2.75) is 106 Å². The molecule has 1 N–H and O–H groups in total. The molecule has 0 spiro atoms. The summed E-state index contributed by atoms with van der Waals surface area (Å²) < 4.78 is 0. The highest BCUT2D eigenvalue weighted by Gasteiger charge is 2.84. The van der Waals surface area contributed by atoms with Crippen molar-refractivity contribution in [3.63, 3.8) is 0 Å². The van der Waals surface area contributed by atoms with E-state index in [4.69, 9.17) is 0 Å². The summed E-state index contributed by atoms with van der Waals surface area (Å²) in [5.41, 5.74) is -4.19. The summed E-state index contributed by atoms with van der Waals surface area (Å²) in [6.07, 6.45) is 8.56. The average molecular weight is 587 g/mol. The average Bonchev–Trinajstić information content (AvgIpc) is 3.05. The third kappa shape index (κ3) is 4.87. The summed E-state index contributed by atoms with van der Waals surface area (Å²) in [7, 11) is 0. The van der Waals surface area contributed by atoms with Gasteiger partial charge >= 0.3 is 0 Å². The summed E-state index contributed by atoms with van der Waals surface area (Å²) in [6, 6.07) is 8.59. The molecule has 0 heterocycles. The first kappa shape index (κ1) is 33.0. The fourth-order valence-electron chi connectivity index (χ4n) is 8.56. The van der Waals surface area contributed by atoms with Gasteiger partial charge in [-0.15, -0.1) is 0 Å². The molecule has 0 amide bonds. The highest BCUT2D eigenvalue weighted by atomic mass is 16.3. The molecule has 1 aromatic rings. The number of allylic oxidation sites excluding steroid dienone is 6. The van der Waals surface area contributed by atoms with Crippen LogP contribution in [0.1, 0.15) is 111 Å². The van der Waals surface area contributed by atoms with Gasteiger partial charge in [0.1, 0.15) is 0 Å². The van der Waals surface area contributed by atoms with Gasteiger partial charge in [-0.3, -0.25) is 19.2 Å². The van der Waals surface area contributed by atoms with E-state index in [-0.39, 0.29) is 25.2 Å². The normalized spacial score (nSPS) is 31.6. The molecule has 4 aliphatic carbocycles. The first-order valence-electron chi connectivity index (χ1n) is 15.8. The zero-order valence-corrected chi connectivity index (χ0v) is 27.6. The van der Waals surface area contributed by atoms with E-state index in [1.165, 1.54) is 5.57 Å². The number of Topliss-reactive ketones (excluding diaryl/α,β-unsaturated/α-hetero) is 4. The smallest absolute Gasteiger partial charge is 0.184 e. The Morgan fingerprint density at radius 2 is 1.49 bits per heavy atom. The molecule has 1 aromatic carbocycles. The van der Waals surface area contributed by atoms with Crippen LogP contribution >= 0.6 is 0 Å². The number of ketones is 4. The number of carbonyl (C=O) groups is 4. The summed E-state index contributed by atoms with van der Waals surface area (Å²) in [5, 5.41) is 11.7. The maximum atomic E-state index is 15.4. The van der Waals surface area contributed by atoms with Gasteiger partial charge in [-0.1, -0.05) is 79.1 Å². The van der Waals surface area contributed by atoms with Crippen molar-refractivity contribution in [3.05, 3.63) is 70.8 Å². The molecule has 5 nitrogen and oxygen atoms in total.